The van der Waals surface area contributed by atoms with E-state index < -0.39 is 0 Å². The van der Waals surface area contributed by atoms with Crippen LogP contribution in [0.2, 0.25) is 0 Å². The summed E-state index contributed by atoms with van der Waals surface area (Å²) in [5.41, 5.74) is 4.08. The van der Waals surface area contributed by atoms with Crippen LogP contribution in [0.4, 0.5) is 4.39 Å². The molecule has 0 bridgehead atoms. The van der Waals surface area contributed by atoms with Crippen LogP contribution in [0.25, 0.3) is 6.08 Å². The Hall–Kier alpha value is -2.54. The number of hydrogen-bond donors (Lipinski definition) is 0. The summed E-state index contributed by atoms with van der Waals surface area (Å²) < 4.78 is 20.4. The number of esters is 1. The van der Waals surface area contributed by atoms with Gasteiger partial charge in [-0.1, -0.05) is 6.08 Å². The fourth-order valence-corrected chi connectivity index (χ4v) is 5.55. The number of carbonyl (C=O) groups excluding carboxylic acids is 2. The van der Waals surface area contributed by atoms with E-state index in [1.54, 1.807) is 16.7 Å². The number of carbonyl (C=O) groups is 2. The van der Waals surface area contributed by atoms with Crippen molar-refractivity contribution in [2.24, 2.45) is 0 Å². The summed E-state index contributed by atoms with van der Waals surface area (Å²) in [6.07, 6.45) is 6.90. The summed E-state index contributed by atoms with van der Waals surface area (Å²) in [5.74, 6) is 0.0492. The lowest BCUT2D eigenvalue weighted by Crippen LogP contribution is -2.41. The molecule has 1 aliphatic heterocycles. The molecule has 1 amide bonds. The van der Waals surface area contributed by atoms with E-state index in [1.165, 1.54) is 35.4 Å². The van der Waals surface area contributed by atoms with Gasteiger partial charge in [-0.25, -0.2) is 4.39 Å². The lowest BCUT2D eigenvalue weighted by molar-refractivity contribution is -0.143. The molecule has 158 valence electrons. The fourth-order valence-electron chi connectivity index (χ4n) is 4.16. The van der Waals surface area contributed by atoms with E-state index in [1.807, 2.05) is 14.0 Å². The number of fused-ring (bicyclic) bond motifs is 3. The first kappa shape index (κ1) is 20.7. The molecule has 30 heavy (non-hydrogen) atoms. The molecule has 4 rings (SSSR count). The second kappa shape index (κ2) is 8.68. The molecule has 1 aliphatic carbocycles. The third-order valence-electron chi connectivity index (χ3n) is 5.71. The number of thioether (sulfide) groups is 1. The van der Waals surface area contributed by atoms with Gasteiger partial charge in [0.15, 0.2) is 0 Å². The minimum atomic E-state index is -0.352. The molecule has 2 heterocycles. The summed E-state index contributed by atoms with van der Waals surface area (Å²) in [5, 5.41) is 1.11. The molecule has 2 aliphatic rings. The highest BCUT2D eigenvalue weighted by Gasteiger charge is 2.33. The molecule has 0 N–H and O–H groups in total. The van der Waals surface area contributed by atoms with Gasteiger partial charge in [-0.2, -0.15) is 0 Å². The molecule has 0 unspecified atom stereocenters. The van der Waals surface area contributed by atoms with Crippen molar-refractivity contribution in [2.75, 3.05) is 19.4 Å². The zero-order valence-corrected chi connectivity index (χ0v) is 18.0. The quantitative estimate of drug-likeness (QED) is 0.677. The average molecular weight is 429 g/mol. The van der Waals surface area contributed by atoms with Crippen molar-refractivity contribution in [1.82, 2.24) is 9.47 Å². The Morgan fingerprint density at radius 3 is 2.77 bits per heavy atom. The topological polar surface area (TPSA) is 51.5 Å². The number of aromatic nitrogens is 1. The highest BCUT2D eigenvalue weighted by atomic mass is 32.2. The Bertz CT molecular complexity index is 997. The zero-order valence-electron chi connectivity index (χ0n) is 17.2. The average Bonchev–Trinajstić information content (AvgIpc) is 3.06. The van der Waals surface area contributed by atoms with Gasteiger partial charge in [-0.05, 0) is 67.7 Å². The SMILES string of the molecule is CCOC(=O)Cn1c2c(c3c1SC[C@@H](N(C)C(=O)c1ccc(F)cc1)C3)CCC=C2. The standard InChI is InChI=1S/C23H25FN2O3S/c1-3-29-21(27)13-26-20-7-5-4-6-18(20)19-12-17(14-30-23(19)26)25(2)22(28)15-8-10-16(24)11-9-15/h5,7-11,17H,3-4,6,12-14H2,1-2H3/t17-/m0/s1. The minimum absolute atomic E-state index is 0.0357. The third kappa shape index (κ3) is 3.90. The highest BCUT2D eigenvalue weighted by molar-refractivity contribution is 7.99. The number of allylic oxidation sites excluding steroid dienone is 1. The van der Waals surface area contributed by atoms with E-state index in [0.717, 1.165) is 35.7 Å². The van der Waals surface area contributed by atoms with E-state index in [0.29, 0.717) is 12.2 Å². The minimum Gasteiger partial charge on any atom is -0.465 e. The van der Waals surface area contributed by atoms with E-state index in [9.17, 15) is 14.0 Å². The molecule has 1 aromatic carbocycles. The van der Waals surface area contributed by atoms with Crippen molar-refractivity contribution in [1.29, 1.82) is 0 Å². The molecule has 0 saturated heterocycles. The van der Waals surface area contributed by atoms with Gasteiger partial charge in [0.2, 0.25) is 0 Å². The van der Waals surface area contributed by atoms with Crippen molar-refractivity contribution in [3.63, 3.8) is 0 Å². The van der Waals surface area contributed by atoms with Gasteiger partial charge in [0.05, 0.1) is 11.6 Å². The van der Waals surface area contributed by atoms with E-state index in [4.69, 9.17) is 4.74 Å². The molecule has 5 nitrogen and oxygen atoms in total. The molecule has 1 atom stereocenters. The van der Waals surface area contributed by atoms with Gasteiger partial charge in [-0.15, -0.1) is 11.8 Å². The number of rotatable bonds is 5. The third-order valence-corrected chi connectivity index (χ3v) is 7.00. The van der Waals surface area contributed by atoms with Gasteiger partial charge in [0.25, 0.3) is 5.91 Å². The van der Waals surface area contributed by atoms with Crippen molar-refractivity contribution in [2.45, 2.75) is 43.8 Å². The number of nitrogens with zero attached hydrogens (tertiary/aromatic N) is 2. The molecule has 7 heteroatoms. The van der Waals surface area contributed by atoms with Crippen LogP contribution in [0.5, 0.6) is 0 Å². The van der Waals surface area contributed by atoms with Crippen molar-refractivity contribution < 1.29 is 18.7 Å². The number of likely N-dealkylation sites (N-methyl/N-ethyl adjacent to an activating group) is 1. The molecular weight excluding hydrogens is 403 g/mol. The number of benzene rings is 1. The molecule has 2 aromatic rings. The van der Waals surface area contributed by atoms with Gasteiger partial charge in [0, 0.05) is 30.1 Å². The number of halogens is 1. The van der Waals surface area contributed by atoms with Crippen LogP contribution in [0.15, 0.2) is 35.4 Å². The lowest BCUT2D eigenvalue weighted by Gasteiger charge is -2.32. The predicted octanol–water partition coefficient (Wildman–Crippen LogP) is 3.94. The highest BCUT2D eigenvalue weighted by Crippen LogP contribution is 2.40. The van der Waals surface area contributed by atoms with E-state index in [-0.39, 0.29) is 30.3 Å². The van der Waals surface area contributed by atoms with E-state index in [2.05, 4.69) is 16.7 Å². The smallest absolute Gasteiger partial charge is 0.325 e. The van der Waals surface area contributed by atoms with Gasteiger partial charge < -0.3 is 14.2 Å². The summed E-state index contributed by atoms with van der Waals surface area (Å²) in [6, 6.07) is 5.71. The van der Waals surface area contributed by atoms with Gasteiger partial charge in [0.1, 0.15) is 12.4 Å². The van der Waals surface area contributed by atoms with Crippen LogP contribution in [-0.2, 0) is 28.9 Å². The van der Waals surface area contributed by atoms with Crippen molar-refractivity contribution in [3.05, 3.63) is 58.5 Å². The van der Waals surface area contributed by atoms with Crippen LogP contribution in [0.1, 0.15) is 40.5 Å². The molecule has 0 fully saturated rings. The molecule has 1 aromatic heterocycles. The zero-order chi connectivity index (χ0) is 21.3. The Morgan fingerprint density at radius 2 is 2.03 bits per heavy atom. The first-order valence-corrected chi connectivity index (χ1v) is 11.2. The van der Waals surface area contributed by atoms with Crippen LogP contribution in [0.3, 0.4) is 0 Å². The van der Waals surface area contributed by atoms with Crippen molar-refractivity contribution >= 4 is 29.7 Å². The Morgan fingerprint density at radius 1 is 1.27 bits per heavy atom. The summed E-state index contributed by atoms with van der Waals surface area (Å²) >= 11 is 1.69. The number of amides is 1. The first-order chi connectivity index (χ1) is 14.5. The van der Waals surface area contributed by atoms with Crippen LogP contribution in [-0.4, -0.2) is 46.8 Å². The second-order valence-electron chi connectivity index (χ2n) is 7.57. The van der Waals surface area contributed by atoms with Crippen LogP contribution < -0.4 is 0 Å². The molecule has 0 saturated carbocycles. The van der Waals surface area contributed by atoms with E-state index >= 15 is 0 Å². The number of ether oxygens (including phenoxy) is 1. The fraction of sp³-hybridized carbons (Fsp3) is 0.391. The summed E-state index contributed by atoms with van der Waals surface area (Å²) in [4.78, 5) is 26.8. The monoisotopic (exact) mass is 428 g/mol. The van der Waals surface area contributed by atoms with Gasteiger partial charge in [-0.3, -0.25) is 9.59 Å². The van der Waals surface area contributed by atoms with Crippen molar-refractivity contribution in [3.8, 4) is 0 Å². The number of hydrogen-bond acceptors (Lipinski definition) is 4. The normalized spacial score (nSPS) is 17.2. The molecule has 0 spiro atoms. The predicted molar refractivity (Wildman–Crippen MR) is 115 cm³/mol. The maximum absolute atomic E-state index is 13.2. The lowest BCUT2D eigenvalue weighted by atomic mass is 9.96. The molecular formula is C23H25FN2O3S. The largest absolute Gasteiger partial charge is 0.465 e. The summed E-state index contributed by atoms with van der Waals surface area (Å²) in [7, 11) is 1.81. The Kier molecular flexibility index (Phi) is 5.99. The van der Waals surface area contributed by atoms with Crippen LogP contribution >= 0.6 is 11.8 Å². The van der Waals surface area contributed by atoms with Gasteiger partial charge >= 0.3 is 5.97 Å². The second-order valence-corrected chi connectivity index (χ2v) is 8.58. The summed E-state index contributed by atoms with van der Waals surface area (Å²) in [6.45, 7) is 2.38. The maximum Gasteiger partial charge on any atom is 0.325 e. The first-order valence-electron chi connectivity index (χ1n) is 10.2. The van der Waals surface area contributed by atoms with Crippen LogP contribution in [0, 0.1) is 5.82 Å². The Balaban J connectivity index is 1.59. The Labute approximate surface area is 179 Å². The molecule has 0 radical (unpaired) electrons. The maximum atomic E-state index is 13.2.